The van der Waals surface area contributed by atoms with Crippen LogP contribution >= 0.6 is 0 Å². The normalized spacial score (nSPS) is 25.0. The summed E-state index contributed by atoms with van der Waals surface area (Å²) in [7, 11) is 0. The van der Waals surface area contributed by atoms with Crippen LogP contribution in [-0.4, -0.2) is 19.1 Å². The van der Waals surface area contributed by atoms with E-state index in [9.17, 15) is 4.48 Å². The van der Waals surface area contributed by atoms with E-state index in [1.165, 1.54) is 0 Å². The average molecular weight is 134 g/mol. The Balaban J connectivity index is 0.000000291. The second kappa shape index (κ2) is 5.98. The second-order valence-electron chi connectivity index (χ2n) is 1.80. The van der Waals surface area contributed by atoms with Crippen LogP contribution in [0.5, 0.6) is 0 Å². The van der Waals surface area contributed by atoms with Gasteiger partial charge in [0.15, 0.2) is 0 Å². The van der Waals surface area contributed by atoms with Crippen LogP contribution in [-0.2, 0) is 0 Å². The van der Waals surface area contributed by atoms with Crippen molar-refractivity contribution in [2.45, 2.75) is 26.3 Å². The smallest absolute Gasteiger partial charge is 0.0508 e. The average Bonchev–Trinajstić information content (AvgIpc) is 2.43. The van der Waals surface area contributed by atoms with Gasteiger partial charge in [-0.25, -0.2) is 0 Å². The van der Waals surface area contributed by atoms with Crippen LogP contribution < -0.4 is 10.9 Å². The fourth-order valence-electron chi connectivity index (χ4n) is 0.748. The van der Waals surface area contributed by atoms with Crippen molar-refractivity contribution in [2.24, 2.45) is 0 Å². The Labute approximate surface area is 55.8 Å². The van der Waals surface area contributed by atoms with Gasteiger partial charge in [0.05, 0.1) is 6.04 Å². The third kappa shape index (κ3) is 3.43. The predicted octanol–water partition coefficient (Wildman–Crippen LogP) is 0.849. The summed E-state index contributed by atoms with van der Waals surface area (Å²) >= 11 is 0. The van der Waals surface area contributed by atoms with E-state index >= 15 is 0 Å². The van der Waals surface area contributed by atoms with Crippen LogP contribution in [0.15, 0.2) is 0 Å². The molecule has 2 nitrogen and oxygen atoms in total. The standard InChI is InChI=1S/C4H9FN2.C2H6/c5-7-4-1-2-6-3-4;1-2/h4,6-7H,1-3H2;1-2H3. The highest BCUT2D eigenvalue weighted by atomic mass is 19.2. The fourth-order valence-corrected chi connectivity index (χ4v) is 0.748. The zero-order chi connectivity index (χ0) is 7.11. The quantitative estimate of drug-likeness (QED) is 0.519. The Morgan fingerprint density at radius 2 is 2.22 bits per heavy atom. The molecule has 0 amide bonds. The van der Waals surface area contributed by atoms with Gasteiger partial charge < -0.3 is 5.32 Å². The van der Waals surface area contributed by atoms with Gasteiger partial charge in [-0.2, -0.15) is 5.54 Å². The van der Waals surface area contributed by atoms with Gasteiger partial charge in [0.25, 0.3) is 0 Å². The van der Waals surface area contributed by atoms with Crippen LogP contribution in [0.3, 0.4) is 0 Å². The Morgan fingerprint density at radius 3 is 2.44 bits per heavy atom. The first-order valence-corrected chi connectivity index (χ1v) is 3.50. The van der Waals surface area contributed by atoms with E-state index in [2.05, 4.69) is 5.32 Å². The van der Waals surface area contributed by atoms with Gasteiger partial charge in [-0.15, -0.1) is 4.48 Å². The number of hydrogen-bond donors (Lipinski definition) is 2. The number of rotatable bonds is 1. The Hall–Kier alpha value is -0.150. The summed E-state index contributed by atoms with van der Waals surface area (Å²) in [5, 5.41) is 3.02. The molecule has 56 valence electrons. The summed E-state index contributed by atoms with van der Waals surface area (Å²) in [6.07, 6.45) is 0.913. The van der Waals surface area contributed by atoms with E-state index < -0.39 is 0 Å². The highest BCUT2D eigenvalue weighted by Gasteiger charge is 2.11. The summed E-state index contributed by atoms with van der Waals surface area (Å²) in [6.45, 7) is 5.72. The summed E-state index contributed by atoms with van der Waals surface area (Å²) in [5.74, 6) is 0. The van der Waals surface area contributed by atoms with Crippen LogP contribution in [0.1, 0.15) is 20.3 Å². The summed E-state index contributed by atoms with van der Waals surface area (Å²) in [6, 6.07) is 0.0694. The van der Waals surface area contributed by atoms with E-state index in [1.807, 2.05) is 13.8 Å². The molecule has 1 atom stereocenters. The Kier molecular flexibility index (Phi) is 5.88. The third-order valence-corrected chi connectivity index (χ3v) is 1.21. The first kappa shape index (κ1) is 8.85. The van der Waals surface area contributed by atoms with Gasteiger partial charge in [0.2, 0.25) is 0 Å². The second-order valence-corrected chi connectivity index (χ2v) is 1.80. The van der Waals surface area contributed by atoms with Crippen molar-refractivity contribution in [3.05, 3.63) is 0 Å². The first-order valence-electron chi connectivity index (χ1n) is 3.50. The maximum absolute atomic E-state index is 11.4. The molecular formula is C6H15FN2. The molecule has 0 bridgehead atoms. The number of halogens is 1. The molecule has 1 aliphatic heterocycles. The molecule has 0 aromatic rings. The number of nitrogens with one attached hydrogen (secondary N) is 2. The van der Waals surface area contributed by atoms with Crippen LogP contribution in [0.2, 0.25) is 0 Å². The van der Waals surface area contributed by atoms with Crippen LogP contribution in [0.25, 0.3) is 0 Å². The summed E-state index contributed by atoms with van der Waals surface area (Å²) in [4.78, 5) is 0. The van der Waals surface area contributed by atoms with Crippen molar-refractivity contribution in [1.29, 1.82) is 0 Å². The Bertz CT molecular complexity index is 53.0. The molecule has 1 rings (SSSR count). The van der Waals surface area contributed by atoms with Gasteiger partial charge in [-0.1, -0.05) is 13.8 Å². The van der Waals surface area contributed by atoms with Crippen molar-refractivity contribution in [1.82, 2.24) is 10.9 Å². The van der Waals surface area contributed by atoms with E-state index in [1.54, 1.807) is 5.54 Å². The minimum Gasteiger partial charge on any atom is -0.315 e. The van der Waals surface area contributed by atoms with Crippen molar-refractivity contribution < 1.29 is 4.48 Å². The van der Waals surface area contributed by atoms with Gasteiger partial charge in [-0.05, 0) is 13.0 Å². The van der Waals surface area contributed by atoms with Crippen LogP contribution in [0, 0.1) is 0 Å². The molecule has 3 heteroatoms. The van der Waals surface area contributed by atoms with Crippen molar-refractivity contribution in [3.63, 3.8) is 0 Å². The molecule has 0 aromatic carbocycles. The lowest BCUT2D eigenvalue weighted by molar-refractivity contribution is 0.281. The Morgan fingerprint density at radius 1 is 1.56 bits per heavy atom. The topological polar surface area (TPSA) is 24.1 Å². The molecule has 1 fully saturated rings. The zero-order valence-electron chi connectivity index (χ0n) is 6.08. The predicted molar refractivity (Wildman–Crippen MR) is 36.9 cm³/mol. The molecular weight excluding hydrogens is 119 g/mol. The zero-order valence-corrected chi connectivity index (χ0v) is 6.08. The minimum absolute atomic E-state index is 0.0694. The van der Waals surface area contributed by atoms with Crippen molar-refractivity contribution in [3.8, 4) is 0 Å². The summed E-state index contributed by atoms with van der Waals surface area (Å²) < 4.78 is 11.4. The third-order valence-electron chi connectivity index (χ3n) is 1.21. The highest BCUT2D eigenvalue weighted by Crippen LogP contribution is 1.94. The van der Waals surface area contributed by atoms with Gasteiger partial charge >= 0.3 is 0 Å². The maximum atomic E-state index is 11.4. The van der Waals surface area contributed by atoms with Gasteiger partial charge in [0.1, 0.15) is 0 Å². The molecule has 9 heavy (non-hydrogen) atoms. The molecule has 0 aliphatic carbocycles. The first-order chi connectivity index (χ1) is 4.43. The molecule has 1 aliphatic rings. The molecule has 0 aromatic heterocycles. The fraction of sp³-hybridized carbons (Fsp3) is 1.00. The molecule has 0 spiro atoms. The van der Waals surface area contributed by atoms with Gasteiger partial charge in [0, 0.05) is 6.54 Å². The maximum Gasteiger partial charge on any atom is 0.0508 e. The molecule has 0 saturated carbocycles. The van der Waals surface area contributed by atoms with E-state index in [-0.39, 0.29) is 6.04 Å². The molecule has 1 heterocycles. The highest BCUT2D eigenvalue weighted by molar-refractivity contribution is 4.73. The molecule has 0 radical (unpaired) electrons. The van der Waals surface area contributed by atoms with Crippen LogP contribution in [0.4, 0.5) is 4.48 Å². The van der Waals surface area contributed by atoms with E-state index in [0.717, 1.165) is 19.5 Å². The van der Waals surface area contributed by atoms with E-state index in [0.29, 0.717) is 0 Å². The lowest BCUT2D eigenvalue weighted by Gasteiger charge is -1.97. The molecule has 2 N–H and O–H groups in total. The molecule has 1 saturated heterocycles. The SMILES string of the molecule is CC.FNC1CCNC1. The van der Waals surface area contributed by atoms with E-state index in [4.69, 9.17) is 0 Å². The number of hydrogen-bond acceptors (Lipinski definition) is 2. The lowest BCUT2D eigenvalue weighted by atomic mass is 10.3. The lowest BCUT2D eigenvalue weighted by Crippen LogP contribution is -2.23. The van der Waals surface area contributed by atoms with Gasteiger partial charge in [-0.3, -0.25) is 0 Å². The monoisotopic (exact) mass is 134 g/mol. The minimum atomic E-state index is 0.0694. The largest absolute Gasteiger partial charge is 0.315 e. The van der Waals surface area contributed by atoms with Crippen molar-refractivity contribution in [2.75, 3.05) is 13.1 Å². The summed E-state index contributed by atoms with van der Waals surface area (Å²) in [5.41, 5.74) is 1.70. The molecule has 1 unspecified atom stereocenters. The van der Waals surface area contributed by atoms with Crippen molar-refractivity contribution >= 4 is 0 Å².